The van der Waals surface area contributed by atoms with Gasteiger partial charge >= 0.3 is 0 Å². The Morgan fingerprint density at radius 1 is 0.971 bits per heavy atom. The first kappa shape index (κ1) is 23.9. The molecule has 1 amide bonds. The van der Waals surface area contributed by atoms with Gasteiger partial charge in [0.1, 0.15) is 11.4 Å². The fraction of sp³-hybridized carbons (Fsp3) is 0.500. The molecule has 2 aliphatic rings. The molecule has 1 N–H and O–H groups in total. The summed E-state index contributed by atoms with van der Waals surface area (Å²) < 4.78 is 8.12. The molecule has 0 radical (unpaired) electrons. The molecule has 2 heterocycles. The highest BCUT2D eigenvalue weighted by Gasteiger charge is 2.21. The van der Waals surface area contributed by atoms with Gasteiger partial charge in [-0.3, -0.25) is 4.79 Å². The zero-order valence-electron chi connectivity index (χ0n) is 21.0. The van der Waals surface area contributed by atoms with Gasteiger partial charge in [-0.05, 0) is 82.0 Å². The second-order valence-electron chi connectivity index (χ2n) is 10.3. The fourth-order valence-electron chi connectivity index (χ4n) is 5.76. The summed E-state index contributed by atoms with van der Waals surface area (Å²) in [4.78, 5) is 16.0. The van der Waals surface area contributed by atoms with Gasteiger partial charge in [0, 0.05) is 29.7 Å². The van der Waals surface area contributed by atoms with E-state index in [1.54, 1.807) is 0 Å². The van der Waals surface area contributed by atoms with Crippen molar-refractivity contribution >= 4 is 16.8 Å². The molecule has 0 bridgehead atoms. The third-order valence-corrected chi connectivity index (χ3v) is 7.78. The Morgan fingerprint density at radius 3 is 2.49 bits per heavy atom. The van der Waals surface area contributed by atoms with Gasteiger partial charge in [0.05, 0.1) is 12.1 Å². The lowest BCUT2D eigenvalue weighted by Gasteiger charge is -2.20. The average Bonchev–Trinajstić information content (AvgIpc) is 3.37. The van der Waals surface area contributed by atoms with Crippen LogP contribution in [0.2, 0.25) is 0 Å². The van der Waals surface area contributed by atoms with Crippen molar-refractivity contribution in [2.24, 2.45) is 0 Å². The first-order chi connectivity index (χ1) is 17.2. The highest BCUT2D eigenvalue weighted by Crippen LogP contribution is 2.27. The van der Waals surface area contributed by atoms with Crippen molar-refractivity contribution < 1.29 is 9.53 Å². The summed E-state index contributed by atoms with van der Waals surface area (Å²) in [6.07, 6.45) is 10.8. The molecule has 2 aromatic carbocycles. The van der Waals surface area contributed by atoms with Crippen molar-refractivity contribution in [2.45, 2.75) is 76.8 Å². The molecule has 35 heavy (non-hydrogen) atoms. The molecule has 3 aromatic rings. The van der Waals surface area contributed by atoms with Crippen LogP contribution >= 0.6 is 0 Å². The molecule has 5 rings (SSSR count). The van der Waals surface area contributed by atoms with Crippen molar-refractivity contribution in [2.75, 3.05) is 19.7 Å². The molecule has 1 atom stereocenters. The van der Waals surface area contributed by atoms with E-state index in [9.17, 15) is 4.79 Å². The minimum atomic E-state index is 0.0181. The largest absolute Gasteiger partial charge is 0.494 e. The smallest absolute Gasteiger partial charge is 0.268 e. The van der Waals surface area contributed by atoms with E-state index in [1.165, 1.54) is 45.1 Å². The van der Waals surface area contributed by atoms with Crippen LogP contribution in [-0.4, -0.2) is 47.2 Å². The Kier molecular flexibility index (Phi) is 7.72. The Hall–Kier alpha value is -2.79. The number of rotatable bonds is 8. The van der Waals surface area contributed by atoms with Crippen LogP contribution in [0.1, 0.15) is 75.2 Å². The second-order valence-corrected chi connectivity index (χ2v) is 10.3. The van der Waals surface area contributed by atoms with Gasteiger partial charge in [0.2, 0.25) is 0 Å². The third kappa shape index (κ3) is 5.72. The monoisotopic (exact) mass is 473 g/mol. The second kappa shape index (κ2) is 11.3. The molecule has 1 saturated heterocycles. The number of nitrogens with one attached hydrogen (secondary N) is 1. The average molecular weight is 474 g/mol. The maximum Gasteiger partial charge on any atom is 0.268 e. The molecule has 1 aromatic heterocycles. The van der Waals surface area contributed by atoms with Crippen LogP contribution in [0.25, 0.3) is 16.6 Å². The van der Waals surface area contributed by atoms with Crippen LogP contribution in [-0.2, 0) is 0 Å². The highest BCUT2D eigenvalue weighted by molar-refractivity contribution is 6.00. The zero-order valence-corrected chi connectivity index (χ0v) is 21.0. The minimum Gasteiger partial charge on any atom is -0.494 e. The van der Waals surface area contributed by atoms with Crippen LogP contribution in [0.15, 0.2) is 54.6 Å². The predicted molar refractivity (Wildman–Crippen MR) is 143 cm³/mol. The van der Waals surface area contributed by atoms with E-state index in [2.05, 4.69) is 46.0 Å². The van der Waals surface area contributed by atoms with Crippen molar-refractivity contribution in [3.63, 3.8) is 0 Å². The molecule has 186 valence electrons. The highest BCUT2D eigenvalue weighted by atomic mass is 16.5. The number of carbonyl (C=O) groups excluding carboxylic acids is 1. The van der Waals surface area contributed by atoms with Crippen LogP contribution in [0.3, 0.4) is 0 Å². The summed E-state index contributed by atoms with van der Waals surface area (Å²) in [6.45, 7) is 5.37. The quantitative estimate of drug-likeness (QED) is 0.307. The fourth-order valence-corrected chi connectivity index (χ4v) is 5.76. The van der Waals surface area contributed by atoms with E-state index < -0.39 is 0 Å². The van der Waals surface area contributed by atoms with Crippen LogP contribution < -0.4 is 10.1 Å². The molecular formula is C30H39N3O2. The van der Waals surface area contributed by atoms with E-state index in [1.807, 2.05) is 30.3 Å². The lowest BCUT2D eigenvalue weighted by atomic mass is 10.1. The van der Waals surface area contributed by atoms with E-state index in [0.717, 1.165) is 54.8 Å². The van der Waals surface area contributed by atoms with Crippen molar-refractivity contribution in [1.82, 2.24) is 14.8 Å². The molecule has 1 aliphatic carbocycles. The maximum atomic E-state index is 13.4. The number of amides is 1. The first-order valence-electron chi connectivity index (χ1n) is 13.6. The standard InChI is InChI=1S/C30H39N3O2/c1-23-10-8-19-32(23)20-9-21-35-27-17-15-26(16-18-27)33-28-14-7-6-11-24(28)22-29(33)30(34)31-25-12-4-2-3-5-13-25/h6-7,11,14-18,22-23,25H,2-5,8-10,12-13,19-21H2,1H3,(H,31,34)/t23-/m1/s1. The van der Waals surface area contributed by atoms with Gasteiger partial charge in [0.15, 0.2) is 0 Å². The third-order valence-electron chi connectivity index (χ3n) is 7.78. The topological polar surface area (TPSA) is 46.5 Å². The number of hydrogen-bond acceptors (Lipinski definition) is 3. The number of para-hydroxylation sites is 1. The molecule has 0 unspecified atom stereocenters. The molecule has 5 nitrogen and oxygen atoms in total. The van der Waals surface area contributed by atoms with Crippen LogP contribution in [0.4, 0.5) is 0 Å². The van der Waals surface area contributed by atoms with Crippen LogP contribution in [0.5, 0.6) is 5.75 Å². The Labute approximate surface area is 209 Å². The van der Waals surface area contributed by atoms with Gasteiger partial charge in [-0.25, -0.2) is 0 Å². The summed E-state index contributed by atoms with van der Waals surface area (Å²) in [6, 6.07) is 19.4. The van der Waals surface area contributed by atoms with Crippen molar-refractivity contribution in [3.05, 3.63) is 60.3 Å². The number of benzene rings is 2. The Balaban J connectivity index is 1.29. The molecule has 1 saturated carbocycles. The van der Waals surface area contributed by atoms with E-state index in [0.29, 0.717) is 11.7 Å². The number of fused-ring (bicyclic) bond motifs is 1. The lowest BCUT2D eigenvalue weighted by Crippen LogP contribution is -2.35. The summed E-state index contributed by atoms with van der Waals surface area (Å²) >= 11 is 0. The van der Waals surface area contributed by atoms with Gasteiger partial charge in [-0.2, -0.15) is 0 Å². The van der Waals surface area contributed by atoms with Gasteiger partial charge in [-0.1, -0.05) is 43.9 Å². The number of hydrogen-bond donors (Lipinski definition) is 1. The minimum absolute atomic E-state index is 0.0181. The van der Waals surface area contributed by atoms with Crippen LogP contribution in [0, 0.1) is 0 Å². The van der Waals surface area contributed by atoms with E-state index in [-0.39, 0.29) is 11.9 Å². The number of nitrogens with zero attached hydrogens (tertiary/aromatic N) is 2. The van der Waals surface area contributed by atoms with Gasteiger partial charge in [-0.15, -0.1) is 0 Å². The molecule has 1 aliphatic heterocycles. The summed E-state index contributed by atoms with van der Waals surface area (Å²) in [5.74, 6) is 0.897. The molecular weight excluding hydrogens is 434 g/mol. The Bertz CT molecular complexity index is 1110. The normalized spacial score (nSPS) is 19.6. The first-order valence-corrected chi connectivity index (χ1v) is 13.6. The SMILES string of the molecule is C[C@@H]1CCCN1CCCOc1ccc(-n2c(C(=O)NC3CCCCCC3)cc3ccccc32)cc1. The summed E-state index contributed by atoms with van der Waals surface area (Å²) in [5, 5.41) is 4.41. The predicted octanol–water partition coefficient (Wildman–Crippen LogP) is 6.34. The van der Waals surface area contributed by atoms with Gasteiger partial charge in [0.25, 0.3) is 5.91 Å². The number of aromatic nitrogens is 1. The molecule has 2 fully saturated rings. The number of carbonyl (C=O) groups is 1. The zero-order chi connectivity index (χ0) is 24.0. The Morgan fingerprint density at radius 2 is 1.74 bits per heavy atom. The lowest BCUT2D eigenvalue weighted by molar-refractivity contribution is 0.0927. The van der Waals surface area contributed by atoms with E-state index >= 15 is 0 Å². The molecule has 0 spiro atoms. The van der Waals surface area contributed by atoms with E-state index in [4.69, 9.17) is 4.74 Å². The summed E-state index contributed by atoms with van der Waals surface area (Å²) in [5.41, 5.74) is 2.73. The number of ether oxygens (including phenoxy) is 1. The summed E-state index contributed by atoms with van der Waals surface area (Å²) in [7, 11) is 0. The molecule has 5 heteroatoms. The van der Waals surface area contributed by atoms with Crippen molar-refractivity contribution in [1.29, 1.82) is 0 Å². The maximum absolute atomic E-state index is 13.4. The van der Waals surface area contributed by atoms with Gasteiger partial charge < -0.3 is 19.5 Å². The number of likely N-dealkylation sites (tertiary alicyclic amines) is 1. The van der Waals surface area contributed by atoms with Crippen molar-refractivity contribution in [3.8, 4) is 11.4 Å².